The number of likely N-dealkylation sites (tertiary alicyclic amines) is 2. The first-order chi connectivity index (χ1) is 19.2. The number of urea groups is 1. The Bertz CT molecular complexity index is 1180. The van der Waals surface area contributed by atoms with E-state index in [1.807, 2.05) is 18.2 Å². The highest BCUT2D eigenvalue weighted by Crippen LogP contribution is 2.39. The van der Waals surface area contributed by atoms with E-state index in [-0.39, 0.29) is 42.7 Å². The largest absolute Gasteiger partial charge is 0.465 e. The molecule has 7 nitrogen and oxygen atoms in total. The Morgan fingerprint density at radius 3 is 2.00 bits per heavy atom. The van der Waals surface area contributed by atoms with E-state index in [9.17, 15) is 35.9 Å². The van der Waals surface area contributed by atoms with Crippen LogP contribution in [0.15, 0.2) is 48.5 Å². The van der Waals surface area contributed by atoms with Crippen molar-refractivity contribution in [2.75, 3.05) is 26.2 Å². The van der Waals surface area contributed by atoms with E-state index >= 15 is 0 Å². The van der Waals surface area contributed by atoms with Crippen molar-refractivity contribution in [3.8, 4) is 0 Å². The molecule has 0 spiro atoms. The van der Waals surface area contributed by atoms with E-state index in [1.165, 1.54) is 6.92 Å². The van der Waals surface area contributed by atoms with Crippen molar-refractivity contribution in [1.82, 2.24) is 15.1 Å². The Morgan fingerprint density at radius 2 is 1.46 bits per heavy atom. The van der Waals surface area contributed by atoms with Crippen LogP contribution in [0.3, 0.4) is 0 Å². The summed E-state index contributed by atoms with van der Waals surface area (Å²) < 4.78 is 86.6. The molecule has 2 N–H and O–H groups in total. The molecule has 2 aromatic carbocycles. The van der Waals surface area contributed by atoms with Crippen molar-refractivity contribution in [1.29, 1.82) is 0 Å². The number of hydrogen-bond acceptors (Lipinski definition) is 3. The van der Waals surface area contributed by atoms with Crippen molar-refractivity contribution >= 4 is 12.1 Å². The number of amides is 3. The smallest absolute Gasteiger partial charge is 0.416 e. The second kappa shape index (κ2) is 12.2. The molecule has 13 heteroatoms. The molecule has 224 valence electrons. The van der Waals surface area contributed by atoms with Gasteiger partial charge < -0.3 is 25.0 Å². The maximum Gasteiger partial charge on any atom is 0.416 e. The molecule has 41 heavy (non-hydrogen) atoms. The molecule has 2 heterocycles. The number of benzene rings is 2. The van der Waals surface area contributed by atoms with Gasteiger partial charge in [0.1, 0.15) is 0 Å². The van der Waals surface area contributed by atoms with Crippen LogP contribution in [-0.2, 0) is 17.1 Å². The van der Waals surface area contributed by atoms with Crippen molar-refractivity contribution in [3.05, 3.63) is 70.8 Å². The lowest BCUT2D eigenvalue weighted by Gasteiger charge is -2.42. The zero-order valence-electron chi connectivity index (χ0n) is 22.2. The van der Waals surface area contributed by atoms with Gasteiger partial charge in [0.15, 0.2) is 0 Å². The van der Waals surface area contributed by atoms with Gasteiger partial charge in [-0.15, -0.1) is 0 Å². The predicted molar refractivity (Wildman–Crippen MR) is 136 cm³/mol. The third-order valence-electron chi connectivity index (χ3n) is 7.60. The Labute approximate surface area is 233 Å². The third-order valence-corrected chi connectivity index (χ3v) is 7.60. The quantitative estimate of drug-likeness (QED) is 0.391. The summed E-state index contributed by atoms with van der Waals surface area (Å²) in [6, 6.07) is 10.1. The molecule has 0 aromatic heterocycles. The number of hydrogen-bond donors (Lipinski definition) is 2. The van der Waals surface area contributed by atoms with Crippen LogP contribution >= 0.6 is 0 Å². The Morgan fingerprint density at radius 1 is 0.902 bits per heavy atom. The molecule has 2 saturated heterocycles. The van der Waals surface area contributed by atoms with Crippen LogP contribution in [0.2, 0.25) is 0 Å². The SMILES string of the molecule is C[C@@H](O[C@H]1CCN(C(=O)N2CCC(NC(=O)O)CC2)C[C@H]1c1ccccc1)c1cc(C(F)(F)F)cc(C(F)(F)F)c1. The summed E-state index contributed by atoms with van der Waals surface area (Å²) in [6.07, 6.45) is -11.4. The fourth-order valence-electron chi connectivity index (χ4n) is 5.43. The number of alkyl halides is 6. The highest BCUT2D eigenvalue weighted by molar-refractivity contribution is 5.75. The van der Waals surface area contributed by atoms with E-state index < -0.39 is 41.8 Å². The number of carbonyl (C=O) groups is 2. The summed E-state index contributed by atoms with van der Waals surface area (Å²) >= 11 is 0. The maximum absolute atomic E-state index is 13.4. The van der Waals surface area contributed by atoms with Crippen LogP contribution in [0.5, 0.6) is 0 Å². The van der Waals surface area contributed by atoms with E-state index in [4.69, 9.17) is 9.84 Å². The van der Waals surface area contributed by atoms with E-state index in [2.05, 4.69) is 5.32 Å². The van der Waals surface area contributed by atoms with E-state index in [0.29, 0.717) is 44.5 Å². The minimum Gasteiger partial charge on any atom is -0.465 e. The molecule has 0 unspecified atom stereocenters. The number of nitrogens with one attached hydrogen (secondary N) is 1. The first-order valence-electron chi connectivity index (χ1n) is 13.3. The third kappa shape index (κ3) is 7.63. The fourth-order valence-corrected chi connectivity index (χ4v) is 5.43. The number of carboxylic acid groups (broad SMARTS) is 1. The molecule has 0 bridgehead atoms. The summed E-state index contributed by atoms with van der Waals surface area (Å²) in [4.78, 5) is 27.6. The van der Waals surface area contributed by atoms with Crippen LogP contribution in [0.4, 0.5) is 35.9 Å². The van der Waals surface area contributed by atoms with Crippen LogP contribution in [0, 0.1) is 0 Å². The zero-order chi connectivity index (χ0) is 29.9. The summed E-state index contributed by atoms with van der Waals surface area (Å²) in [7, 11) is 0. The number of carbonyl (C=O) groups excluding carboxylic acids is 1. The van der Waals surface area contributed by atoms with Crippen LogP contribution in [0.1, 0.15) is 60.5 Å². The summed E-state index contributed by atoms with van der Waals surface area (Å²) in [6.45, 7) is 2.70. The molecule has 2 aliphatic heterocycles. The van der Waals surface area contributed by atoms with Crippen LogP contribution in [-0.4, -0.2) is 65.4 Å². The van der Waals surface area contributed by atoms with Crippen molar-refractivity contribution in [2.45, 2.75) is 62.7 Å². The highest BCUT2D eigenvalue weighted by atomic mass is 19.4. The number of ether oxygens (including phenoxy) is 1. The molecule has 3 amide bonds. The average Bonchev–Trinajstić information content (AvgIpc) is 2.92. The van der Waals surface area contributed by atoms with Gasteiger partial charge in [-0.3, -0.25) is 0 Å². The lowest BCUT2D eigenvalue weighted by molar-refractivity contribution is -0.143. The molecule has 2 fully saturated rings. The van der Waals surface area contributed by atoms with Crippen LogP contribution < -0.4 is 5.32 Å². The standard InChI is InChI=1S/C28H31F6N3O4/c1-17(19-13-20(27(29,30)31)15-21(14-19)28(32,33)34)41-24-9-12-37(16-23(24)18-5-3-2-4-6-18)26(40)36-10-7-22(8-11-36)35-25(38)39/h2-6,13-15,17,22-24,35H,7-12,16H2,1H3,(H,38,39)/t17-,23+,24+/m1/s1. The zero-order valence-corrected chi connectivity index (χ0v) is 22.2. The summed E-state index contributed by atoms with van der Waals surface area (Å²) in [5.74, 6) is -0.379. The lowest BCUT2D eigenvalue weighted by atomic mass is 9.87. The van der Waals surface area contributed by atoms with Crippen molar-refractivity contribution in [3.63, 3.8) is 0 Å². The molecule has 0 saturated carbocycles. The second-order valence-electron chi connectivity index (χ2n) is 10.4. The first-order valence-corrected chi connectivity index (χ1v) is 13.3. The Balaban J connectivity index is 1.51. The highest BCUT2D eigenvalue weighted by Gasteiger charge is 2.39. The number of halogens is 6. The van der Waals surface area contributed by atoms with Gasteiger partial charge in [-0.05, 0) is 55.5 Å². The molecular formula is C28H31F6N3O4. The van der Waals surface area contributed by atoms with E-state index in [0.717, 1.165) is 5.56 Å². The summed E-state index contributed by atoms with van der Waals surface area (Å²) in [5.41, 5.74) is -2.22. The van der Waals surface area contributed by atoms with Gasteiger partial charge >= 0.3 is 24.5 Å². The molecular weight excluding hydrogens is 556 g/mol. The number of rotatable bonds is 5. The normalized spacial score (nSPS) is 21.4. The molecule has 0 radical (unpaired) electrons. The average molecular weight is 588 g/mol. The Hall–Kier alpha value is -3.48. The van der Waals surface area contributed by atoms with Gasteiger partial charge in [0, 0.05) is 38.1 Å². The second-order valence-corrected chi connectivity index (χ2v) is 10.4. The minimum absolute atomic E-state index is 0.0909. The summed E-state index contributed by atoms with van der Waals surface area (Å²) in [5, 5.41) is 11.4. The molecule has 2 aromatic rings. The number of piperidine rings is 2. The Kier molecular flexibility index (Phi) is 9.05. The van der Waals surface area contributed by atoms with E-state index in [1.54, 1.807) is 21.9 Å². The number of nitrogens with zero attached hydrogens (tertiary/aromatic N) is 2. The molecule has 3 atom stereocenters. The molecule has 4 rings (SSSR count). The first kappa shape index (κ1) is 30.5. The monoisotopic (exact) mass is 587 g/mol. The van der Waals surface area contributed by atoms with Crippen molar-refractivity contribution < 1.29 is 45.8 Å². The van der Waals surface area contributed by atoms with Gasteiger partial charge in [0.25, 0.3) is 0 Å². The maximum atomic E-state index is 13.4. The van der Waals surface area contributed by atoms with Crippen LogP contribution in [0.25, 0.3) is 0 Å². The van der Waals surface area contributed by atoms with Crippen molar-refractivity contribution in [2.24, 2.45) is 0 Å². The predicted octanol–water partition coefficient (Wildman–Crippen LogP) is 6.51. The molecule has 2 aliphatic rings. The lowest BCUT2D eigenvalue weighted by Crippen LogP contribution is -2.54. The van der Waals surface area contributed by atoms with Gasteiger partial charge in [0.05, 0.1) is 23.3 Å². The fraction of sp³-hybridized carbons (Fsp3) is 0.500. The van der Waals surface area contributed by atoms with Gasteiger partial charge in [-0.25, -0.2) is 9.59 Å². The van der Waals surface area contributed by atoms with Gasteiger partial charge in [-0.2, -0.15) is 26.3 Å². The topological polar surface area (TPSA) is 82.1 Å². The molecule has 0 aliphatic carbocycles. The minimum atomic E-state index is -4.97. The van der Waals surface area contributed by atoms with Gasteiger partial charge in [-0.1, -0.05) is 30.3 Å². The van der Waals surface area contributed by atoms with Gasteiger partial charge in [0.2, 0.25) is 0 Å².